The predicted molar refractivity (Wildman–Crippen MR) is 118 cm³/mol. The molecule has 1 fully saturated rings. The third-order valence-electron chi connectivity index (χ3n) is 7.27. The van der Waals surface area contributed by atoms with Crippen molar-refractivity contribution in [1.29, 1.82) is 0 Å². The minimum absolute atomic E-state index is 0.0147. The average molecular weight is 396 g/mol. The molecule has 1 N–H and O–H groups in total. The molecule has 3 heterocycles. The topological polar surface area (TPSA) is 41.6 Å². The van der Waals surface area contributed by atoms with Gasteiger partial charge in [0, 0.05) is 29.3 Å². The SMILES string of the molecule is CC1(C)c2ccccc2N2[C@H](C(=O)Nc3ccccc3)[C@H]3C[C@]21Oc1ccccc13. The Hall–Kier alpha value is -3.27. The van der Waals surface area contributed by atoms with E-state index >= 15 is 0 Å². The molecule has 3 aromatic rings. The number of para-hydroxylation sites is 3. The second kappa shape index (κ2) is 5.88. The van der Waals surface area contributed by atoms with Crippen LogP contribution < -0.4 is 15.0 Å². The van der Waals surface area contributed by atoms with Crippen LogP contribution in [0.25, 0.3) is 0 Å². The Morgan fingerprint density at radius 2 is 1.67 bits per heavy atom. The Balaban J connectivity index is 1.53. The van der Waals surface area contributed by atoms with Crippen LogP contribution in [0.3, 0.4) is 0 Å². The molecule has 3 aromatic carbocycles. The number of ether oxygens (including phenoxy) is 1. The number of rotatable bonds is 2. The number of amides is 1. The van der Waals surface area contributed by atoms with E-state index in [4.69, 9.17) is 4.74 Å². The number of benzene rings is 3. The third kappa shape index (κ3) is 2.08. The molecule has 0 unspecified atom stereocenters. The molecule has 0 aliphatic carbocycles. The van der Waals surface area contributed by atoms with Crippen molar-refractivity contribution in [3.63, 3.8) is 0 Å². The number of carbonyl (C=O) groups is 1. The van der Waals surface area contributed by atoms with Crippen LogP contribution in [0.15, 0.2) is 78.9 Å². The summed E-state index contributed by atoms with van der Waals surface area (Å²) in [5.41, 5.74) is 3.45. The van der Waals surface area contributed by atoms with Crippen LogP contribution in [-0.2, 0) is 10.2 Å². The molecule has 30 heavy (non-hydrogen) atoms. The highest BCUT2D eigenvalue weighted by atomic mass is 16.5. The van der Waals surface area contributed by atoms with E-state index in [1.165, 1.54) is 5.56 Å². The van der Waals surface area contributed by atoms with Gasteiger partial charge in [-0.15, -0.1) is 0 Å². The van der Waals surface area contributed by atoms with Crippen LogP contribution in [0.5, 0.6) is 5.75 Å². The fourth-order valence-electron chi connectivity index (χ4n) is 5.83. The minimum atomic E-state index is -0.575. The molecule has 3 aliphatic heterocycles. The van der Waals surface area contributed by atoms with Gasteiger partial charge in [0.2, 0.25) is 5.91 Å². The van der Waals surface area contributed by atoms with Crippen molar-refractivity contribution in [2.24, 2.45) is 0 Å². The van der Waals surface area contributed by atoms with Crippen molar-refractivity contribution in [1.82, 2.24) is 0 Å². The number of carbonyl (C=O) groups excluding carboxylic acids is 1. The molecular weight excluding hydrogens is 372 g/mol. The Bertz CT molecular complexity index is 1160. The molecule has 150 valence electrons. The van der Waals surface area contributed by atoms with Gasteiger partial charge in [0.1, 0.15) is 11.8 Å². The molecule has 4 nitrogen and oxygen atoms in total. The maximum atomic E-state index is 13.7. The summed E-state index contributed by atoms with van der Waals surface area (Å²) in [7, 11) is 0. The van der Waals surface area contributed by atoms with E-state index in [9.17, 15) is 4.79 Å². The van der Waals surface area contributed by atoms with Crippen LogP contribution in [-0.4, -0.2) is 17.7 Å². The standard InChI is InChI=1S/C26H24N2O2/c1-25(2)20-13-7-8-14-21(20)28-23(24(29)27-17-10-4-3-5-11-17)19-16-26(25,28)30-22-15-9-6-12-18(19)22/h3-15,19,23H,16H2,1-2H3,(H,27,29)/t19-,23-,26+/m0/s1. The first-order chi connectivity index (χ1) is 14.5. The highest BCUT2D eigenvalue weighted by Crippen LogP contribution is 2.64. The first-order valence-electron chi connectivity index (χ1n) is 10.6. The van der Waals surface area contributed by atoms with Crippen molar-refractivity contribution in [2.45, 2.75) is 43.4 Å². The van der Waals surface area contributed by atoms with Crippen molar-refractivity contribution in [3.05, 3.63) is 90.0 Å². The van der Waals surface area contributed by atoms with Gasteiger partial charge in [-0.3, -0.25) is 4.79 Å². The number of hydrogen-bond acceptors (Lipinski definition) is 3. The number of nitrogens with one attached hydrogen (secondary N) is 1. The lowest BCUT2D eigenvalue weighted by molar-refractivity contribution is -0.117. The fourth-order valence-corrected chi connectivity index (χ4v) is 5.83. The Labute approximate surface area is 176 Å². The normalized spacial score (nSPS) is 26.9. The average Bonchev–Trinajstić information content (AvgIpc) is 3.14. The molecule has 3 atom stereocenters. The zero-order chi connectivity index (χ0) is 20.5. The van der Waals surface area contributed by atoms with E-state index in [-0.39, 0.29) is 23.3 Å². The molecule has 1 saturated heterocycles. The summed E-state index contributed by atoms with van der Waals surface area (Å²) >= 11 is 0. The van der Waals surface area contributed by atoms with E-state index in [1.807, 2.05) is 48.5 Å². The highest BCUT2D eigenvalue weighted by Gasteiger charge is 2.70. The first-order valence-corrected chi connectivity index (χ1v) is 10.6. The van der Waals surface area contributed by atoms with Gasteiger partial charge >= 0.3 is 0 Å². The van der Waals surface area contributed by atoms with Crippen LogP contribution in [0.2, 0.25) is 0 Å². The molecule has 4 heteroatoms. The smallest absolute Gasteiger partial charge is 0.247 e. The summed E-state index contributed by atoms with van der Waals surface area (Å²) in [4.78, 5) is 16.0. The van der Waals surface area contributed by atoms with Crippen LogP contribution in [0, 0.1) is 0 Å². The Morgan fingerprint density at radius 1 is 0.967 bits per heavy atom. The lowest BCUT2D eigenvalue weighted by Crippen LogP contribution is -2.59. The molecule has 1 amide bonds. The summed E-state index contributed by atoms with van der Waals surface area (Å²) < 4.78 is 6.81. The summed E-state index contributed by atoms with van der Waals surface area (Å²) in [5, 5.41) is 3.16. The highest BCUT2D eigenvalue weighted by molar-refractivity contribution is 5.99. The quantitative estimate of drug-likeness (QED) is 0.658. The lowest BCUT2D eigenvalue weighted by Gasteiger charge is -2.45. The van der Waals surface area contributed by atoms with Crippen molar-refractivity contribution < 1.29 is 9.53 Å². The Morgan fingerprint density at radius 3 is 2.50 bits per heavy atom. The van der Waals surface area contributed by atoms with Gasteiger partial charge in [-0.25, -0.2) is 0 Å². The zero-order valence-corrected chi connectivity index (χ0v) is 17.1. The van der Waals surface area contributed by atoms with Gasteiger partial charge < -0.3 is 15.0 Å². The van der Waals surface area contributed by atoms with Crippen molar-refractivity contribution in [2.75, 3.05) is 10.2 Å². The first kappa shape index (κ1) is 17.6. The molecule has 6 rings (SSSR count). The second-order valence-electron chi connectivity index (χ2n) is 9.05. The van der Waals surface area contributed by atoms with E-state index < -0.39 is 5.72 Å². The summed E-state index contributed by atoms with van der Waals surface area (Å²) in [6, 6.07) is 26.0. The largest absolute Gasteiger partial charge is 0.467 e. The van der Waals surface area contributed by atoms with Crippen LogP contribution in [0.1, 0.15) is 37.3 Å². The van der Waals surface area contributed by atoms with Gasteiger partial charge in [0.15, 0.2) is 5.72 Å². The van der Waals surface area contributed by atoms with Crippen LogP contribution in [0.4, 0.5) is 11.4 Å². The minimum Gasteiger partial charge on any atom is -0.467 e. The van der Waals surface area contributed by atoms with Gasteiger partial charge in [-0.2, -0.15) is 0 Å². The monoisotopic (exact) mass is 396 g/mol. The lowest BCUT2D eigenvalue weighted by atomic mass is 9.73. The fraction of sp³-hybridized carbons (Fsp3) is 0.269. The van der Waals surface area contributed by atoms with E-state index in [0.717, 1.165) is 29.1 Å². The van der Waals surface area contributed by atoms with Gasteiger partial charge in [-0.1, -0.05) is 54.6 Å². The molecule has 1 spiro atoms. The maximum Gasteiger partial charge on any atom is 0.247 e. The Kier molecular flexibility index (Phi) is 3.45. The predicted octanol–water partition coefficient (Wildman–Crippen LogP) is 5.07. The number of fused-ring (bicyclic) bond motifs is 5. The van der Waals surface area contributed by atoms with Gasteiger partial charge in [0.25, 0.3) is 0 Å². The molecular formula is C26H24N2O2. The number of hydrogen-bond donors (Lipinski definition) is 1. The molecule has 3 aliphatic rings. The molecule has 2 bridgehead atoms. The zero-order valence-electron chi connectivity index (χ0n) is 17.1. The van der Waals surface area contributed by atoms with Crippen LogP contribution >= 0.6 is 0 Å². The van der Waals surface area contributed by atoms with Crippen molar-refractivity contribution in [3.8, 4) is 5.75 Å². The molecule has 0 saturated carbocycles. The molecule has 0 radical (unpaired) electrons. The van der Waals surface area contributed by atoms with Gasteiger partial charge in [-0.05, 0) is 43.7 Å². The maximum absolute atomic E-state index is 13.7. The van der Waals surface area contributed by atoms with E-state index in [2.05, 4.69) is 54.4 Å². The summed E-state index contributed by atoms with van der Waals surface area (Å²) in [6.45, 7) is 4.49. The number of anilines is 2. The summed E-state index contributed by atoms with van der Waals surface area (Å²) in [5.74, 6) is 0.988. The summed E-state index contributed by atoms with van der Waals surface area (Å²) in [6.07, 6.45) is 0.790. The third-order valence-corrected chi connectivity index (χ3v) is 7.27. The number of nitrogens with zero attached hydrogens (tertiary/aromatic N) is 1. The molecule has 0 aromatic heterocycles. The van der Waals surface area contributed by atoms with E-state index in [1.54, 1.807) is 0 Å². The van der Waals surface area contributed by atoms with E-state index in [0.29, 0.717) is 0 Å². The second-order valence-corrected chi connectivity index (χ2v) is 9.05. The van der Waals surface area contributed by atoms with Crippen molar-refractivity contribution >= 4 is 17.3 Å². The van der Waals surface area contributed by atoms with Gasteiger partial charge in [0.05, 0.1) is 5.41 Å².